The Bertz CT molecular complexity index is 591. The normalized spacial score (nSPS) is 19.9. The maximum atomic E-state index is 10.8. The van der Waals surface area contributed by atoms with Crippen LogP contribution in [0.2, 0.25) is 0 Å². The number of nitrogens with zero attached hydrogens (tertiary/aromatic N) is 2. The standard InChI is InChI=1S/C16H21N3O/c1-11(2)19-10-17-9-14(19)16(20)15-13-6-4-3-5-12(13)7-8-18-15/h3-6,9-11,15-16,18,20H,7-8H2,1-2H3. The van der Waals surface area contributed by atoms with E-state index in [0.717, 1.165) is 18.7 Å². The van der Waals surface area contributed by atoms with E-state index in [1.54, 1.807) is 12.5 Å². The maximum Gasteiger partial charge on any atom is 0.115 e. The Balaban J connectivity index is 1.95. The van der Waals surface area contributed by atoms with Crippen LogP contribution in [-0.2, 0) is 6.42 Å². The zero-order valence-electron chi connectivity index (χ0n) is 12.0. The van der Waals surface area contributed by atoms with Gasteiger partial charge in [0, 0.05) is 6.04 Å². The van der Waals surface area contributed by atoms with E-state index in [2.05, 4.69) is 42.3 Å². The highest BCUT2D eigenvalue weighted by atomic mass is 16.3. The second-order valence-electron chi connectivity index (χ2n) is 5.64. The molecule has 2 atom stereocenters. The molecule has 106 valence electrons. The van der Waals surface area contributed by atoms with Gasteiger partial charge in [0.05, 0.1) is 24.3 Å². The second kappa shape index (κ2) is 5.38. The van der Waals surface area contributed by atoms with E-state index >= 15 is 0 Å². The predicted octanol–water partition coefficient (Wildman–Crippen LogP) is 2.38. The first-order valence-electron chi connectivity index (χ1n) is 7.19. The lowest BCUT2D eigenvalue weighted by Gasteiger charge is -2.31. The molecule has 1 aromatic carbocycles. The number of aliphatic hydroxyl groups is 1. The summed E-state index contributed by atoms with van der Waals surface area (Å²) >= 11 is 0. The highest BCUT2D eigenvalue weighted by molar-refractivity contribution is 5.34. The van der Waals surface area contributed by atoms with Gasteiger partial charge in [0.1, 0.15) is 6.10 Å². The van der Waals surface area contributed by atoms with Crippen LogP contribution < -0.4 is 5.32 Å². The van der Waals surface area contributed by atoms with Gasteiger partial charge in [-0.25, -0.2) is 4.98 Å². The molecule has 2 N–H and O–H groups in total. The van der Waals surface area contributed by atoms with E-state index in [9.17, 15) is 5.11 Å². The molecule has 0 bridgehead atoms. The van der Waals surface area contributed by atoms with Crippen LogP contribution in [0.15, 0.2) is 36.8 Å². The van der Waals surface area contributed by atoms with E-state index in [4.69, 9.17) is 0 Å². The Kier molecular flexibility index (Phi) is 3.59. The van der Waals surface area contributed by atoms with E-state index in [1.807, 2.05) is 10.6 Å². The molecule has 1 aromatic heterocycles. The minimum Gasteiger partial charge on any atom is -0.385 e. The fourth-order valence-electron chi connectivity index (χ4n) is 2.97. The molecular weight excluding hydrogens is 250 g/mol. The predicted molar refractivity (Wildman–Crippen MR) is 78.5 cm³/mol. The molecule has 20 heavy (non-hydrogen) atoms. The van der Waals surface area contributed by atoms with Gasteiger partial charge in [-0.3, -0.25) is 0 Å². The van der Waals surface area contributed by atoms with Gasteiger partial charge in [0.2, 0.25) is 0 Å². The molecule has 4 nitrogen and oxygen atoms in total. The number of fused-ring (bicyclic) bond motifs is 1. The summed E-state index contributed by atoms with van der Waals surface area (Å²) in [5.74, 6) is 0. The summed E-state index contributed by atoms with van der Waals surface area (Å²) in [5.41, 5.74) is 3.39. The van der Waals surface area contributed by atoms with Crippen LogP contribution in [0.25, 0.3) is 0 Å². The second-order valence-corrected chi connectivity index (χ2v) is 5.64. The Morgan fingerprint density at radius 2 is 2.15 bits per heavy atom. The molecule has 1 aliphatic rings. The van der Waals surface area contributed by atoms with Crippen LogP contribution in [0.3, 0.4) is 0 Å². The molecular formula is C16H21N3O. The van der Waals surface area contributed by atoms with Crippen LogP contribution in [0.1, 0.15) is 48.9 Å². The summed E-state index contributed by atoms with van der Waals surface area (Å²) in [6, 6.07) is 8.58. The monoisotopic (exact) mass is 271 g/mol. The molecule has 0 radical (unpaired) electrons. The number of rotatable bonds is 3. The van der Waals surface area contributed by atoms with Gasteiger partial charge in [-0.15, -0.1) is 0 Å². The van der Waals surface area contributed by atoms with Crippen molar-refractivity contribution in [3.8, 4) is 0 Å². The van der Waals surface area contributed by atoms with Gasteiger partial charge in [0.15, 0.2) is 0 Å². The molecule has 2 unspecified atom stereocenters. The first-order chi connectivity index (χ1) is 9.68. The Morgan fingerprint density at radius 1 is 1.35 bits per heavy atom. The first kappa shape index (κ1) is 13.3. The van der Waals surface area contributed by atoms with Crippen molar-refractivity contribution >= 4 is 0 Å². The zero-order chi connectivity index (χ0) is 14.1. The van der Waals surface area contributed by atoms with Gasteiger partial charge < -0.3 is 15.0 Å². The number of hydrogen-bond donors (Lipinski definition) is 2. The smallest absolute Gasteiger partial charge is 0.115 e. The van der Waals surface area contributed by atoms with Crippen LogP contribution in [0, 0.1) is 0 Å². The average molecular weight is 271 g/mol. The van der Waals surface area contributed by atoms with Gasteiger partial charge in [-0.1, -0.05) is 24.3 Å². The van der Waals surface area contributed by atoms with E-state index in [0.29, 0.717) is 6.04 Å². The molecule has 0 saturated carbocycles. The average Bonchev–Trinajstić information content (AvgIpc) is 2.95. The van der Waals surface area contributed by atoms with Crippen molar-refractivity contribution in [3.05, 3.63) is 53.6 Å². The van der Waals surface area contributed by atoms with Crippen LogP contribution in [0.5, 0.6) is 0 Å². The van der Waals surface area contributed by atoms with Crippen LogP contribution in [0.4, 0.5) is 0 Å². The van der Waals surface area contributed by atoms with E-state index < -0.39 is 6.10 Å². The van der Waals surface area contributed by atoms with Crippen LogP contribution >= 0.6 is 0 Å². The van der Waals surface area contributed by atoms with Crippen LogP contribution in [-0.4, -0.2) is 21.2 Å². The summed E-state index contributed by atoms with van der Waals surface area (Å²) in [6.45, 7) is 5.09. The van der Waals surface area contributed by atoms with Crippen molar-refractivity contribution < 1.29 is 5.11 Å². The number of aromatic nitrogens is 2. The Labute approximate surface area is 119 Å². The molecule has 1 aliphatic heterocycles. The SMILES string of the molecule is CC(C)n1cncc1C(O)C1NCCc2ccccc21. The molecule has 2 aromatic rings. The fraction of sp³-hybridized carbons (Fsp3) is 0.438. The summed E-state index contributed by atoms with van der Waals surface area (Å²) in [5, 5.41) is 14.2. The molecule has 0 saturated heterocycles. The first-order valence-corrected chi connectivity index (χ1v) is 7.19. The summed E-state index contributed by atoms with van der Waals surface area (Å²) in [4.78, 5) is 4.19. The largest absolute Gasteiger partial charge is 0.385 e. The summed E-state index contributed by atoms with van der Waals surface area (Å²) in [7, 11) is 0. The number of aliphatic hydroxyl groups excluding tert-OH is 1. The number of nitrogens with one attached hydrogen (secondary N) is 1. The third kappa shape index (κ3) is 2.25. The highest BCUT2D eigenvalue weighted by Crippen LogP contribution is 2.33. The summed E-state index contributed by atoms with van der Waals surface area (Å²) in [6.07, 6.45) is 3.99. The van der Waals surface area contributed by atoms with Gasteiger partial charge in [-0.2, -0.15) is 0 Å². The zero-order valence-corrected chi connectivity index (χ0v) is 12.0. The van der Waals surface area contributed by atoms with Gasteiger partial charge in [0.25, 0.3) is 0 Å². The van der Waals surface area contributed by atoms with Crippen molar-refractivity contribution in [2.24, 2.45) is 0 Å². The third-order valence-electron chi connectivity index (χ3n) is 4.02. The van der Waals surface area contributed by atoms with Gasteiger partial charge >= 0.3 is 0 Å². The quantitative estimate of drug-likeness (QED) is 0.901. The van der Waals surface area contributed by atoms with Crippen molar-refractivity contribution in [1.82, 2.24) is 14.9 Å². The minimum absolute atomic E-state index is 0.0610. The molecule has 0 spiro atoms. The Hall–Kier alpha value is -1.65. The lowest BCUT2D eigenvalue weighted by Crippen LogP contribution is -2.34. The molecule has 4 heteroatoms. The van der Waals surface area contributed by atoms with Gasteiger partial charge in [-0.05, 0) is 37.9 Å². The van der Waals surface area contributed by atoms with Crippen molar-refractivity contribution in [1.29, 1.82) is 0 Å². The fourth-order valence-corrected chi connectivity index (χ4v) is 2.97. The molecule has 2 heterocycles. The van der Waals surface area contributed by atoms with E-state index in [-0.39, 0.29) is 6.04 Å². The molecule has 3 rings (SSSR count). The highest BCUT2D eigenvalue weighted by Gasteiger charge is 2.29. The number of benzene rings is 1. The molecule has 0 amide bonds. The molecule has 0 fully saturated rings. The topological polar surface area (TPSA) is 50.1 Å². The summed E-state index contributed by atoms with van der Waals surface area (Å²) < 4.78 is 2.03. The van der Waals surface area contributed by atoms with E-state index in [1.165, 1.54) is 11.1 Å². The Morgan fingerprint density at radius 3 is 2.95 bits per heavy atom. The maximum absolute atomic E-state index is 10.8. The molecule has 0 aliphatic carbocycles. The number of hydrogen-bond acceptors (Lipinski definition) is 3. The lowest BCUT2D eigenvalue weighted by molar-refractivity contribution is 0.116. The number of imidazole rings is 1. The lowest BCUT2D eigenvalue weighted by atomic mass is 9.90. The van der Waals surface area contributed by atoms with Crippen molar-refractivity contribution in [2.75, 3.05) is 6.54 Å². The minimum atomic E-state index is -0.582. The third-order valence-corrected chi connectivity index (χ3v) is 4.02. The van der Waals surface area contributed by atoms with Crippen molar-refractivity contribution in [2.45, 2.75) is 38.5 Å². The van der Waals surface area contributed by atoms with Crippen molar-refractivity contribution in [3.63, 3.8) is 0 Å².